The molecule has 3 heteroatoms. The Morgan fingerprint density at radius 2 is 1.42 bits per heavy atom. The summed E-state index contributed by atoms with van der Waals surface area (Å²) in [4.78, 5) is 12.4. The molecule has 94 valence electrons. The minimum atomic E-state index is 0. The summed E-state index contributed by atoms with van der Waals surface area (Å²) in [5.74, 6) is 0. The Morgan fingerprint density at radius 3 is 1.95 bits per heavy atom. The van der Waals surface area contributed by atoms with Crippen molar-refractivity contribution in [1.29, 1.82) is 0 Å². The average Bonchev–Trinajstić information content (AvgIpc) is 2.32. The Kier molecular flexibility index (Phi) is 6.02. The summed E-state index contributed by atoms with van der Waals surface area (Å²) in [6, 6.07) is 14.2. The number of carbonyl (C=O) groups excluding carboxylic acids is 1. The van der Waals surface area contributed by atoms with E-state index in [4.69, 9.17) is 0 Å². The van der Waals surface area contributed by atoms with Gasteiger partial charge in [0, 0.05) is 5.56 Å². The molecule has 0 amide bonds. The van der Waals surface area contributed by atoms with Gasteiger partial charge >= 0.3 is 18.9 Å². The van der Waals surface area contributed by atoms with Crippen molar-refractivity contribution in [2.75, 3.05) is 0 Å². The van der Waals surface area contributed by atoms with Gasteiger partial charge < -0.3 is 0 Å². The number of benzene rings is 2. The van der Waals surface area contributed by atoms with Crippen LogP contribution in [0.15, 0.2) is 42.5 Å². The summed E-state index contributed by atoms with van der Waals surface area (Å²) in [5, 5.41) is 1.10. The minimum absolute atomic E-state index is 0. The Hall–Kier alpha value is -0.863. The van der Waals surface area contributed by atoms with Crippen LogP contribution in [0.5, 0.6) is 0 Å². The SMILES string of the molecule is Cc1ccc(PC(=O)c2c(C)cccc2C)cc1.[LiH]. The van der Waals surface area contributed by atoms with E-state index < -0.39 is 0 Å². The first-order valence-electron chi connectivity index (χ1n) is 6.02. The molecule has 0 aliphatic rings. The van der Waals surface area contributed by atoms with Crippen molar-refractivity contribution in [3.05, 3.63) is 64.7 Å². The van der Waals surface area contributed by atoms with E-state index in [2.05, 4.69) is 19.1 Å². The Balaban J connectivity index is 0.00000180. The number of hydrogen-bond donors (Lipinski definition) is 0. The number of hydrogen-bond acceptors (Lipinski definition) is 1. The van der Waals surface area contributed by atoms with E-state index in [1.807, 2.05) is 44.2 Å². The predicted octanol–water partition coefficient (Wildman–Crippen LogP) is 3.11. The van der Waals surface area contributed by atoms with Crippen molar-refractivity contribution in [1.82, 2.24) is 0 Å². The molecule has 0 heterocycles. The van der Waals surface area contributed by atoms with E-state index in [1.54, 1.807) is 0 Å². The quantitative estimate of drug-likeness (QED) is 0.615. The van der Waals surface area contributed by atoms with Crippen molar-refractivity contribution in [3.63, 3.8) is 0 Å². The van der Waals surface area contributed by atoms with Crippen LogP contribution in [0.1, 0.15) is 27.0 Å². The van der Waals surface area contributed by atoms with Gasteiger partial charge in [-0.05, 0) is 45.8 Å². The molecule has 2 aromatic rings. The van der Waals surface area contributed by atoms with Crippen LogP contribution in [0.25, 0.3) is 0 Å². The molecule has 0 aliphatic heterocycles. The van der Waals surface area contributed by atoms with E-state index in [9.17, 15) is 4.79 Å². The second-order valence-corrected chi connectivity index (χ2v) is 5.87. The molecule has 0 radical (unpaired) electrons. The third kappa shape index (κ3) is 4.05. The van der Waals surface area contributed by atoms with Crippen molar-refractivity contribution >= 4 is 38.3 Å². The van der Waals surface area contributed by atoms with Gasteiger partial charge in [0.25, 0.3) is 0 Å². The molecule has 19 heavy (non-hydrogen) atoms. The van der Waals surface area contributed by atoms with Crippen LogP contribution in [0, 0.1) is 20.8 Å². The molecule has 0 N–H and O–H groups in total. The normalized spacial score (nSPS) is 10.5. The van der Waals surface area contributed by atoms with Crippen LogP contribution < -0.4 is 5.30 Å². The van der Waals surface area contributed by atoms with E-state index in [0.717, 1.165) is 22.0 Å². The molecule has 0 spiro atoms. The van der Waals surface area contributed by atoms with Crippen LogP contribution in [0.3, 0.4) is 0 Å². The predicted molar refractivity (Wildman–Crippen MR) is 86.5 cm³/mol. The maximum atomic E-state index is 12.4. The molecule has 1 unspecified atom stereocenters. The second-order valence-electron chi connectivity index (χ2n) is 4.59. The van der Waals surface area contributed by atoms with E-state index in [-0.39, 0.29) is 33.0 Å². The fraction of sp³-hybridized carbons (Fsp3) is 0.188. The molecule has 2 aromatic carbocycles. The summed E-state index contributed by atoms with van der Waals surface area (Å²) < 4.78 is 0. The maximum absolute atomic E-state index is 12.4. The van der Waals surface area contributed by atoms with Crippen molar-refractivity contribution in [3.8, 4) is 0 Å². The Bertz CT molecular complexity index is 556. The molecule has 0 saturated carbocycles. The number of aryl methyl sites for hydroxylation is 3. The van der Waals surface area contributed by atoms with Crippen LogP contribution in [0.2, 0.25) is 0 Å². The topological polar surface area (TPSA) is 17.1 Å². The van der Waals surface area contributed by atoms with E-state index in [0.29, 0.717) is 0 Å². The monoisotopic (exact) mass is 264 g/mol. The molecular weight excluding hydrogens is 246 g/mol. The number of carbonyl (C=O) groups is 1. The van der Waals surface area contributed by atoms with Crippen molar-refractivity contribution < 1.29 is 4.79 Å². The molecule has 2 rings (SSSR count). The first-order valence-corrected chi connectivity index (χ1v) is 7.02. The van der Waals surface area contributed by atoms with Gasteiger partial charge in [0.2, 0.25) is 0 Å². The van der Waals surface area contributed by atoms with Gasteiger partial charge in [-0.15, -0.1) is 0 Å². The molecule has 0 fully saturated rings. The summed E-state index contributed by atoms with van der Waals surface area (Å²) in [6.45, 7) is 6.06. The summed E-state index contributed by atoms with van der Waals surface area (Å²) in [5.41, 5.74) is 4.48. The fourth-order valence-electron chi connectivity index (χ4n) is 2.00. The standard InChI is InChI=1S/C16H17OP.Li.H/c1-11-7-9-14(10-8-11)18-16(17)15-12(2)5-4-6-13(15)3;;/h4-10,18H,1-3H3;;. The molecular formula is C16H18LiOP. The molecule has 1 atom stereocenters. The first kappa shape index (κ1) is 16.2. The van der Waals surface area contributed by atoms with Crippen molar-refractivity contribution in [2.24, 2.45) is 0 Å². The molecule has 0 saturated heterocycles. The van der Waals surface area contributed by atoms with Gasteiger partial charge in [-0.2, -0.15) is 0 Å². The zero-order valence-corrected chi connectivity index (χ0v) is 11.9. The van der Waals surface area contributed by atoms with Gasteiger partial charge in [-0.25, -0.2) is 0 Å². The van der Waals surface area contributed by atoms with Crippen LogP contribution >= 0.6 is 8.58 Å². The van der Waals surface area contributed by atoms with Crippen LogP contribution in [-0.2, 0) is 0 Å². The molecule has 0 aromatic heterocycles. The van der Waals surface area contributed by atoms with Gasteiger partial charge in [0.05, 0.1) is 0 Å². The molecule has 0 bridgehead atoms. The average molecular weight is 264 g/mol. The summed E-state index contributed by atoms with van der Waals surface area (Å²) >= 11 is 0. The third-order valence-electron chi connectivity index (χ3n) is 3.02. The van der Waals surface area contributed by atoms with Crippen LogP contribution in [-0.4, -0.2) is 24.4 Å². The first-order chi connectivity index (χ1) is 8.58. The Morgan fingerprint density at radius 1 is 0.895 bits per heavy atom. The Labute approximate surface area is 128 Å². The summed E-state index contributed by atoms with van der Waals surface area (Å²) in [6.07, 6.45) is 0. The third-order valence-corrected chi connectivity index (χ3v) is 4.12. The van der Waals surface area contributed by atoms with Gasteiger partial charge in [-0.1, -0.05) is 48.0 Å². The zero-order valence-electron chi connectivity index (χ0n) is 10.9. The van der Waals surface area contributed by atoms with E-state index in [1.165, 1.54) is 5.56 Å². The summed E-state index contributed by atoms with van der Waals surface area (Å²) in [7, 11) is 0.206. The van der Waals surface area contributed by atoms with Crippen LogP contribution in [0.4, 0.5) is 0 Å². The van der Waals surface area contributed by atoms with E-state index >= 15 is 0 Å². The van der Waals surface area contributed by atoms with Gasteiger partial charge in [0.15, 0.2) is 5.52 Å². The second kappa shape index (κ2) is 7.06. The zero-order chi connectivity index (χ0) is 13.1. The van der Waals surface area contributed by atoms with Gasteiger partial charge in [0.1, 0.15) is 0 Å². The van der Waals surface area contributed by atoms with Gasteiger partial charge in [-0.3, -0.25) is 4.79 Å². The fourth-order valence-corrected chi connectivity index (χ4v) is 3.12. The number of rotatable bonds is 3. The molecule has 1 nitrogen and oxygen atoms in total. The molecule has 0 aliphatic carbocycles. The van der Waals surface area contributed by atoms with Crippen molar-refractivity contribution in [2.45, 2.75) is 20.8 Å².